The van der Waals surface area contributed by atoms with Gasteiger partial charge in [-0.3, -0.25) is 4.79 Å². The van der Waals surface area contributed by atoms with Crippen molar-refractivity contribution < 1.29 is 22.7 Å². The van der Waals surface area contributed by atoms with E-state index in [0.29, 0.717) is 19.2 Å². The minimum absolute atomic E-state index is 0.0366. The number of allylic oxidation sites excluding steroid dienone is 1. The van der Waals surface area contributed by atoms with Crippen molar-refractivity contribution in [1.29, 1.82) is 0 Å². The molecule has 3 nitrogen and oxygen atoms in total. The van der Waals surface area contributed by atoms with Crippen LogP contribution in [0.25, 0.3) is 0 Å². The predicted octanol–water partition coefficient (Wildman–Crippen LogP) is 2.48. The Kier molecular flexibility index (Phi) is 4.84. The van der Waals surface area contributed by atoms with Gasteiger partial charge in [0.25, 0.3) is 5.78 Å². The lowest BCUT2D eigenvalue weighted by Gasteiger charge is -2.30. The van der Waals surface area contributed by atoms with Crippen molar-refractivity contribution in [3.63, 3.8) is 0 Å². The molecule has 6 heteroatoms. The van der Waals surface area contributed by atoms with E-state index in [1.165, 1.54) is 0 Å². The fourth-order valence-electron chi connectivity index (χ4n) is 1.68. The maximum atomic E-state index is 12.1. The number of nitrogens with zero attached hydrogens (tertiary/aromatic N) is 1. The second-order valence-electron chi connectivity index (χ2n) is 3.83. The Hall–Kier alpha value is -1.20. The normalized spacial score (nSPS) is 18.1. The molecule has 0 aliphatic carbocycles. The number of halogens is 3. The lowest BCUT2D eigenvalue weighted by molar-refractivity contribution is -0.165. The summed E-state index contributed by atoms with van der Waals surface area (Å²) in [7, 11) is 0. The van der Waals surface area contributed by atoms with Gasteiger partial charge < -0.3 is 9.64 Å². The number of hydrogen-bond acceptors (Lipinski definition) is 3. The molecule has 0 spiro atoms. The molecule has 1 rings (SSSR count). The van der Waals surface area contributed by atoms with Gasteiger partial charge in [0.2, 0.25) is 0 Å². The van der Waals surface area contributed by atoms with Gasteiger partial charge in [0.1, 0.15) is 0 Å². The summed E-state index contributed by atoms with van der Waals surface area (Å²) >= 11 is 0. The highest BCUT2D eigenvalue weighted by molar-refractivity contribution is 5.94. The van der Waals surface area contributed by atoms with Crippen molar-refractivity contribution >= 4 is 5.78 Å². The van der Waals surface area contributed by atoms with Crippen molar-refractivity contribution in [2.45, 2.75) is 32.4 Å². The average Bonchev–Trinajstić information content (AvgIpc) is 2.28. The van der Waals surface area contributed by atoms with E-state index in [0.717, 1.165) is 19.3 Å². The molecule has 1 saturated heterocycles. The van der Waals surface area contributed by atoms with Gasteiger partial charge in [-0.1, -0.05) is 0 Å². The molecule has 17 heavy (non-hydrogen) atoms. The van der Waals surface area contributed by atoms with E-state index < -0.39 is 12.0 Å². The summed E-state index contributed by atoms with van der Waals surface area (Å²) in [4.78, 5) is 12.6. The largest absolute Gasteiger partial charge is 0.479 e. The Morgan fingerprint density at radius 2 is 1.88 bits per heavy atom. The van der Waals surface area contributed by atoms with Crippen LogP contribution >= 0.6 is 0 Å². The smallest absolute Gasteiger partial charge is 0.454 e. The number of carbonyl (C=O) groups excluding carboxylic acids is 1. The van der Waals surface area contributed by atoms with Crippen LogP contribution in [-0.4, -0.2) is 36.6 Å². The Labute approximate surface area is 98.2 Å². The third kappa shape index (κ3) is 4.28. The van der Waals surface area contributed by atoms with Gasteiger partial charge in [0.15, 0.2) is 5.88 Å². The van der Waals surface area contributed by atoms with Gasteiger partial charge in [-0.05, 0) is 26.2 Å². The monoisotopic (exact) mass is 251 g/mol. The third-order valence-corrected chi connectivity index (χ3v) is 2.49. The van der Waals surface area contributed by atoms with Crippen molar-refractivity contribution in [2.75, 3.05) is 19.7 Å². The van der Waals surface area contributed by atoms with Gasteiger partial charge in [-0.2, -0.15) is 13.2 Å². The van der Waals surface area contributed by atoms with Crippen LogP contribution in [0.15, 0.2) is 12.0 Å². The molecule has 1 aliphatic rings. The first kappa shape index (κ1) is 13.9. The molecule has 0 N–H and O–H groups in total. The van der Waals surface area contributed by atoms with E-state index >= 15 is 0 Å². The fourth-order valence-corrected chi connectivity index (χ4v) is 1.68. The Bertz CT molecular complexity index is 294. The number of ether oxygens (including phenoxy) is 1. The summed E-state index contributed by atoms with van der Waals surface area (Å²) < 4.78 is 41.6. The summed E-state index contributed by atoms with van der Waals surface area (Å²) in [5, 5.41) is 0. The number of carbonyl (C=O) groups is 1. The van der Waals surface area contributed by atoms with Gasteiger partial charge in [-0.15, -0.1) is 0 Å². The Morgan fingerprint density at radius 1 is 1.29 bits per heavy atom. The zero-order chi connectivity index (χ0) is 12.9. The Balaban J connectivity index is 2.76. The number of alkyl halides is 3. The average molecular weight is 251 g/mol. The maximum Gasteiger partial charge on any atom is 0.454 e. The number of ketones is 1. The summed E-state index contributed by atoms with van der Waals surface area (Å²) in [6, 6.07) is 0. The minimum Gasteiger partial charge on any atom is -0.479 e. The van der Waals surface area contributed by atoms with Crippen LogP contribution in [0, 0.1) is 0 Å². The zero-order valence-electron chi connectivity index (χ0n) is 9.72. The number of piperidine rings is 1. The van der Waals surface area contributed by atoms with Crippen LogP contribution in [0.1, 0.15) is 26.2 Å². The molecule has 0 amide bonds. The van der Waals surface area contributed by atoms with E-state index in [-0.39, 0.29) is 12.5 Å². The molecule has 1 fully saturated rings. The molecule has 0 unspecified atom stereocenters. The van der Waals surface area contributed by atoms with Crippen LogP contribution in [0.5, 0.6) is 0 Å². The zero-order valence-corrected chi connectivity index (χ0v) is 9.72. The first-order valence-corrected chi connectivity index (χ1v) is 5.65. The molecule has 1 heterocycles. The van der Waals surface area contributed by atoms with E-state index in [2.05, 4.69) is 0 Å². The molecule has 98 valence electrons. The summed E-state index contributed by atoms with van der Waals surface area (Å²) in [5.74, 6) is -1.83. The van der Waals surface area contributed by atoms with Crippen molar-refractivity contribution in [2.24, 2.45) is 0 Å². The first-order valence-electron chi connectivity index (χ1n) is 5.65. The van der Waals surface area contributed by atoms with E-state index in [4.69, 9.17) is 4.74 Å². The summed E-state index contributed by atoms with van der Waals surface area (Å²) in [5.41, 5.74) is 0. The molecule has 0 radical (unpaired) electrons. The fraction of sp³-hybridized carbons (Fsp3) is 0.727. The van der Waals surface area contributed by atoms with Gasteiger partial charge in [-0.25, -0.2) is 0 Å². The standard InChI is InChI=1S/C11H16F3NO2/c1-2-17-10(8-9(16)11(12,13)14)15-6-4-3-5-7-15/h8H,2-7H2,1H3/b10-8+. The SMILES string of the molecule is CCO/C(=C/C(=O)C(F)(F)F)N1CCCCC1. The van der Waals surface area contributed by atoms with E-state index in [1.54, 1.807) is 11.8 Å². The summed E-state index contributed by atoms with van der Waals surface area (Å²) in [6.07, 6.45) is -1.41. The lowest BCUT2D eigenvalue weighted by atomic mass is 10.1. The van der Waals surface area contributed by atoms with Crippen LogP contribution in [0.2, 0.25) is 0 Å². The highest BCUT2D eigenvalue weighted by atomic mass is 19.4. The number of likely N-dealkylation sites (tertiary alicyclic amines) is 1. The highest BCUT2D eigenvalue weighted by Gasteiger charge is 2.37. The van der Waals surface area contributed by atoms with Gasteiger partial charge in [0.05, 0.1) is 12.7 Å². The van der Waals surface area contributed by atoms with Crippen molar-refractivity contribution in [3.05, 3.63) is 12.0 Å². The molecule has 0 bridgehead atoms. The van der Waals surface area contributed by atoms with Crippen LogP contribution < -0.4 is 0 Å². The van der Waals surface area contributed by atoms with Crippen molar-refractivity contribution in [1.82, 2.24) is 4.90 Å². The van der Waals surface area contributed by atoms with Crippen LogP contribution in [-0.2, 0) is 9.53 Å². The molecule has 0 aromatic carbocycles. The first-order chi connectivity index (χ1) is 7.95. The molecular formula is C11H16F3NO2. The lowest BCUT2D eigenvalue weighted by Crippen LogP contribution is -2.32. The number of hydrogen-bond donors (Lipinski definition) is 0. The molecule has 0 saturated carbocycles. The topological polar surface area (TPSA) is 29.5 Å². The number of rotatable bonds is 4. The van der Waals surface area contributed by atoms with Crippen LogP contribution in [0.3, 0.4) is 0 Å². The second kappa shape index (κ2) is 5.93. The molecule has 0 aromatic heterocycles. The predicted molar refractivity (Wildman–Crippen MR) is 56.2 cm³/mol. The van der Waals surface area contributed by atoms with Gasteiger partial charge in [0, 0.05) is 13.1 Å². The Morgan fingerprint density at radius 3 is 2.35 bits per heavy atom. The molecule has 1 aliphatic heterocycles. The molecule has 0 atom stereocenters. The minimum atomic E-state index is -4.84. The highest BCUT2D eigenvalue weighted by Crippen LogP contribution is 2.20. The van der Waals surface area contributed by atoms with E-state index in [1.807, 2.05) is 0 Å². The second-order valence-corrected chi connectivity index (χ2v) is 3.83. The molecule has 0 aromatic rings. The van der Waals surface area contributed by atoms with E-state index in [9.17, 15) is 18.0 Å². The maximum absolute atomic E-state index is 12.1. The third-order valence-electron chi connectivity index (χ3n) is 2.49. The van der Waals surface area contributed by atoms with Gasteiger partial charge >= 0.3 is 6.18 Å². The summed E-state index contributed by atoms with van der Waals surface area (Å²) in [6.45, 7) is 3.19. The quantitative estimate of drug-likeness (QED) is 0.568. The van der Waals surface area contributed by atoms with Crippen molar-refractivity contribution in [3.8, 4) is 0 Å². The molecular weight excluding hydrogens is 235 g/mol. The van der Waals surface area contributed by atoms with Crippen LogP contribution in [0.4, 0.5) is 13.2 Å².